The van der Waals surface area contributed by atoms with Gasteiger partial charge >= 0.3 is 0 Å². The SMILES string of the molecule is COc1ccc(-c2nc(C)c(C(=O)NC3CCNCC3C)s2)cc1OC.Cl.Cl. The van der Waals surface area contributed by atoms with Crippen molar-refractivity contribution in [2.24, 2.45) is 5.92 Å². The van der Waals surface area contributed by atoms with Crippen LogP contribution in [-0.4, -0.2) is 44.2 Å². The molecule has 3 rings (SSSR count). The largest absolute Gasteiger partial charge is 0.493 e. The fourth-order valence-corrected chi connectivity index (χ4v) is 4.13. The first-order valence-corrected chi connectivity index (χ1v) is 9.56. The number of benzene rings is 1. The Hall–Kier alpha value is -1.54. The summed E-state index contributed by atoms with van der Waals surface area (Å²) < 4.78 is 10.6. The third-order valence-electron chi connectivity index (χ3n) is 4.74. The number of hydrogen-bond donors (Lipinski definition) is 2. The van der Waals surface area contributed by atoms with E-state index in [4.69, 9.17) is 9.47 Å². The van der Waals surface area contributed by atoms with E-state index < -0.39 is 0 Å². The molecule has 1 aromatic carbocycles. The minimum Gasteiger partial charge on any atom is -0.493 e. The zero-order valence-corrected chi connectivity index (χ0v) is 18.9. The van der Waals surface area contributed by atoms with E-state index in [0.29, 0.717) is 22.3 Å². The normalized spacial score (nSPS) is 18.4. The van der Waals surface area contributed by atoms with Crippen LogP contribution in [0.3, 0.4) is 0 Å². The molecular weight excluding hydrogens is 421 g/mol. The first-order valence-electron chi connectivity index (χ1n) is 8.75. The van der Waals surface area contributed by atoms with E-state index in [1.54, 1.807) is 14.2 Å². The third kappa shape index (κ3) is 5.29. The minimum atomic E-state index is -0.0366. The van der Waals surface area contributed by atoms with Crippen molar-refractivity contribution in [2.75, 3.05) is 27.3 Å². The number of rotatable bonds is 5. The van der Waals surface area contributed by atoms with Gasteiger partial charge in [-0.3, -0.25) is 4.79 Å². The number of nitrogens with zero attached hydrogens (tertiary/aromatic N) is 1. The number of thiazole rings is 1. The van der Waals surface area contributed by atoms with E-state index in [0.717, 1.165) is 35.8 Å². The average molecular weight is 448 g/mol. The van der Waals surface area contributed by atoms with Crippen molar-refractivity contribution in [3.8, 4) is 22.1 Å². The Morgan fingerprint density at radius 1 is 1.25 bits per heavy atom. The number of hydrogen-bond acceptors (Lipinski definition) is 6. The lowest BCUT2D eigenvalue weighted by atomic mass is 9.95. The molecule has 2 unspecified atom stereocenters. The molecular formula is C19H27Cl2N3O3S. The molecule has 2 N–H and O–H groups in total. The molecule has 9 heteroatoms. The molecule has 0 radical (unpaired) electrons. The number of carbonyl (C=O) groups is 1. The van der Waals surface area contributed by atoms with Crippen LogP contribution < -0.4 is 20.1 Å². The van der Waals surface area contributed by atoms with Crippen molar-refractivity contribution in [3.63, 3.8) is 0 Å². The number of nitrogens with one attached hydrogen (secondary N) is 2. The van der Waals surface area contributed by atoms with Crippen LogP contribution in [0.4, 0.5) is 0 Å². The van der Waals surface area contributed by atoms with Crippen LogP contribution in [0.15, 0.2) is 18.2 Å². The quantitative estimate of drug-likeness (QED) is 0.730. The number of aryl methyl sites for hydroxylation is 1. The molecule has 2 heterocycles. The Morgan fingerprint density at radius 3 is 2.61 bits per heavy atom. The second kappa shape index (κ2) is 10.9. The molecule has 1 aliphatic heterocycles. The molecule has 1 saturated heterocycles. The zero-order valence-electron chi connectivity index (χ0n) is 16.4. The van der Waals surface area contributed by atoms with Gasteiger partial charge in [-0.1, -0.05) is 6.92 Å². The number of piperidine rings is 1. The van der Waals surface area contributed by atoms with Crippen molar-refractivity contribution in [1.29, 1.82) is 0 Å². The van der Waals surface area contributed by atoms with Crippen LogP contribution in [0, 0.1) is 12.8 Å². The molecule has 1 aliphatic rings. The van der Waals surface area contributed by atoms with E-state index in [1.807, 2.05) is 25.1 Å². The highest BCUT2D eigenvalue weighted by Crippen LogP contribution is 2.35. The van der Waals surface area contributed by atoms with E-state index in [2.05, 4.69) is 22.5 Å². The van der Waals surface area contributed by atoms with Crippen LogP contribution >= 0.6 is 36.2 Å². The molecule has 0 bridgehead atoms. The van der Waals surface area contributed by atoms with Crippen molar-refractivity contribution in [2.45, 2.75) is 26.3 Å². The third-order valence-corrected chi connectivity index (χ3v) is 5.94. The zero-order chi connectivity index (χ0) is 18.7. The molecule has 2 aromatic rings. The van der Waals surface area contributed by atoms with Gasteiger partial charge in [0.25, 0.3) is 5.91 Å². The number of aromatic nitrogens is 1. The predicted molar refractivity (Wildman–Crippen MR) is 118 cm³/mol. The van der Waals surface area contributed by atoms with Gasteiger partial charge in [-0.05, 0) is 50.6 Å². The lowest BCUT2D eigenvalue weighted by Crippen LogP contribution is -2.48. The van der Waals surface area contributed by atoms with Crippen LogP contribution in [-0.2, 0) is 0 Å². The van der Waals surface area contributed by atoms with Crippen molar-refractivity contribution < 1.29 is 14.3 Å². The molecule has 1 amide bonds. The summed E-state index contributed by atoms with van der Waals surface area (Å²) in [5, 5.41) is 7.33. The van der Waals surface area contributed by atoms with Crippen LogP contribution in [0.25, 0.3) is 10.6 Å². The topological polar surface area (TPSA) is 72.5 Å². The molecule has 0 aliphatic carbocycles. The number of ether oxygens (including phenoxy) is 2. The Bertz CT molecular complexity index is 801. The second-order valence-corrected chi connectivity index (χ2v) is 7.55. The van der Waals surface area contributed by atoms with E-state index in [9.17, 15) is 4.79 Å². The number of methoxy groups -OCH3 is 2. The second-order valence-electron chi connectivity index (χ2n) is 6.55. The van der Waals surface area contributed by atoms with Crippen molar-refractivity contribution in [3.05, 3.63) is 28.8 Å². The summed E-state index contributed by atoms with van der Waals surface area (Å²) in [6.07, 6.45) is 0.952. The molecule has 2 atom stereocenters. The lowest BCUT2D eigenvalue weighted by molar-refractivity contribution is 0.0917. The molecule has 0 saturated carbocycles. The summed E-state index contributed by atoms with van der Waals surface area (Å²) in [6.45, 7) is 5.91. The highest BCUT2D eigenvalue weighted by Gasteiger charge is 2.25. The highest BCUT2D eigenvalue weighted by molar-refractivity contribution is 7.17. The summed E-state index contributed by atoms with van der Waals surface area (Å²) in [5.74, 6) is 1.70. The fraction of sp³-hybridized carbons (Fsp3) is 0.474. The fourth-order valence-electron chi connectivity index (χ4n) is 3.16. The van der Waals surface area contributed by atoms with E-state index in [-0.39, 0.29) is 36.8 Å². The first kappa shape index (κ1) is 24.5. The maximum Gasteiger partial charge on any atom is 0.263 e. The smallest absolute Gasteiger partial charge is 0.263 e. The van der Waals surface area contributed by atoms with E-state index >= 15 is 0 Å². The summed E-state index contributed by atoms with van der Waals surface area (Å²) in [6, 6.07) is 5.86. The Labute approximate surface area is 182 Å². The van der Waals surface area contributed by atoms with Crippen LogP contribution in [0.2, 0.25) is 0 Å². The highest BCUT2D eigenvalue weighted by atomic mass is 35.5. The molecule has 6 nitrogen and oxygen atoms in total. The Morgan fingerprint density at radius 2 is 1.96 bits per heavy atom. The number of carbonyl (C=O) groups excluding carboxylic acids is 1. The Kier molecular flexibility index (Phi) is 9.50. The molecule has 0 spiro atoms. The van der Waals surface area contributed by atoms with E-state index in [1.165, 1.54) is 11.3 Å². The maximum atomic E-state index is 12.7. The van der Waals surface area contributed by atoms with Gasteiger partial charge in [-0.25, -0.2) is 4.98 Å². The molecule has 28 heavy (non-hydrogen) atoms. The van der Waals surface area contributed by atoms with Gasteiger partial charge in [0.05, 0.1) is 19.9 Å². The molecule has 1 fully saturated rings. The van der Waals surface area contributed by atoms with Crippen LogP contribution in [0.1, 0.15) is 28.7 Å². The van der Waals surface area contributed by atoms with Gasteiger partial charge in [0, 0.05) is 11.6 Å². The monoisotopic (exact) mass is 447 g/mol. The minimum absolute atomic E-state index is 0. The van der Waals surface area contributed by atoms with Crippen molar-refractivity contribution >= 4 is 42.1 Å². The van der Waals surface area contributed by atoms with Gasteiger partial charge in [-0.2, -0.15) is 0 Å². The van der Waals surface area contributed by atoms with Gasteiger partial charge in [0.15, 0.2) is 11.5 Å². The summed E-state index contributed by atoms with van der Waals surface area (Å²) in [5.41, 5.74) is 1.66. The van der Waals surface area contributed by atoms with Gasteiger partial charge < -0.3 is 20.1 Å². The summed E-state index contributed by atoms with van der Waals surface area (Å²) in [7, 11) is 3.21. The molecule has 156 valence electrons. The van der Waals surface area contributed by atoms with Crippen LogP contribution in [0.5, 0.6) is 11.5 Å². The Balaban J connectivity index is 0.00000196. The summed E-state index contributed by atoms with van der Waals surface area (Å²) >= 11 is 1.41. The van der Waals surface area contributed by atoms with Gasteiger partial charge in [-0.15, -0.1) is 36.2 Å². The average Bonchev–Trinajstić information content (AvgIpc) is 3.04. The predicted octanol–water partition coefficient (Wildman–Crippen LogP) is 3.71. The lowest BCUT2D eigenvalue weighted by Gasteiger charge is -2.30. The standard InChI is InChI=1S/C19H25N3O3S.2ClH/c1-11-10-20-8-7-14(11)22-18(23)17-12(2)21-19(26-17)13-5-6-15(24-3)16(9-13)25-4;;/h5-6,9,11,14,20H,7-8,10H2,1-4H3,(H,22,23);2*1H. The number of amides is 1. The van der Waals surface area contributed by atoms with Gasteiger partial charge in [0.2, 0.25) is 0 Å². The van der Waals surface area contributed by atoms with Crippen molar-refractivity contribution in [1.82, 2.24) is 15.6 Å². The molecule has 1 aromatic heterocycles. The van der Waals surface area contributed by atoms with Gasteiger partial charge in [0.1, 0.15) is 9.88 Å². The summed E-state index contributed by atoms with van der Waals surface area (Å²) in [4.78, 5) is 18.0. The number of halogens is 2. The first-order chi connectivity index (χ1) is 12.5. The maximum absolute atomic E-state index is 12.7.